The molecule has 1 aromatic carbocycles. The molecule has 18 heavy (non-hydrogen) atoms. The molecule has 0 aliphatic heterocycles. The van der Waals surface area contributed by atoms with Crippen LogP contribution in [0, 0.1) is 6.92 Å². The zero-order valence-corrected chi connectivity index (χ0v) is 11.2. The second kappa shape index (κ2) is 6.56. The van der Waals surface area contributed by atoms with Crippen molar-refractivity contribution >= 4 is 11.8 Å². The maximum Gasteiger partial charge on any atom is 0.247 e. The highest BCUT2D eigenvalue weighted by Gasteiger charge is 2.08. The van der Waals surface area contributed by atoms with E-state index in [1.807, 2.05) is 31.2 Å². The minimum atomic E-state index is 0.591. The van der Waals surface area contributed by atoms with Gasteiger partial charge < -0.3 is 10.2 Å². The van der Waals surface area contributed by atoms with Crippen LogP contribution in [0.2, 0.25) is 0 Å². The van der Waals surface area contributed by atoms with E-state index in [0.717, 1.165) is 30.0 Å². The number of thioether (sulfide) groups is 1. The van der Waals surface area contributed by atoms with Crippen LogP contribution in [0.3, 0.4) is 0 Å². The minimum absolute atomic E-state index is 0.591. The van der Waals surface area contributed by atoms with Crippen molar-refractivity contribution in [2.24, 2.45) is 5.73 Å². The molecule has 1 aromatic heterocycles. The summed E-state index contributed by atoms with van der Waals surface area (Å²) in [6.45, 7) is 2.77. The number of hydrogen-bond acceptors (Lipinski definition) is 5. The van der Waals surface area contributed by atoms with Crippen LogP contribution in [-0.4, -0.2) is 22.5 Å². The fraction of sp³-hybridized carbons (Fsp3) is 0.385. The number of nitrogens with zero attached hydrogens (tertiary/aromatic N) is 2. The van der Waals surface area contributed by atoms with Crippen LogP contribution in [0.25, 0.3) is 11.5 Å². The van der Waals surface area contributed by atoms with Gasteiger partial charge in [0.05, 0.1) is 5.75 Å². The van der Waals surface area contributed by atoms with Gasteiger partial charge in [-0.05, 0) is 37.8 Å². The van der Waals surface area contributed by atoms with Gasteiger partial charge in [0.1, 0.15) is 0 Å². The maximum absolute atomic E-state index is 5.63. The van der Waals surface area contributed by atoms with Crippen LogP contribution in [0.1, 0.15) is 17.9 Å². The Hall–Kier alpha value is -1.33. The molecular weight excluding hydrogens is 246 g/mol. The molecular formula is C13H17N3OS. The summed E-state index contributed by atoms with van der Waals surface area (Å²) >= 11 is 1.77. The molecule has 5 heteroatoms. The molecule has 2 N–H and O–H groups in total. The molecule has 96 valence electrons. The van der Waals surface area contributed by atoms with Gasteiger partial charge in [-0.1, -0.05) is 17.7 Å². The number of rotatable bonds is 6. The second-order valence-electron chi connectivity index (χ2n) is 4.07. The Morgan fingerprint density at radius 3 is 3.00 bits per heavy atom. The van der Waals surface area contributed by atoms with E-state index in [0.29, 0.717) is 11.8 Å². The first kappa shape index (κ1) is 13.1. The Bertz CT molecular complexity index is 498. The van der Waals surface area contributed by atoms with Crippen LogP contribution in [-0.2, 0) is 5.75 Å². The van der Waals surface area contributed by atoms with Crippen LogP contribution in [0.15, 0.2) is 28.7 Å². The number of aromatic nitrogens is 2. The molecule has 0 fully saturated rings. The first-order valence-corrected chi connectivity index (χ1v) is 7.12. The van der Waals surface area contributed by atoms with Gasteiger partial charge in [0.2, 0.25) is 11.8 Å². The van der Waals surface area contributed by atoms with E-state index in [1.54, 1.807) is 11.8 Å². The molecule has 2 rings (SSSR count). The van der Waals surface area contributed by atoms with Crippen molar-refractivity contribution in [3.05, 3.63) is 35.7 Å². The highest BCUT2D eigenvalue weighted by molar-refractivity contribution is 7.98. The fourth-order valence-electron chi connectivity index (χ4n) is 1.55. The van der Waals surface area contributed by atoms with Crippen molar-refractivity contribution in [3.63, 3.8) is 0 Å². The normalized spacial score (nSPS) is 10.8. The van der Waals surface area contributed by atoms with E-state index in [4.69, 9.17) is 10.2 Å². The van der Waals surface area contributed by atoms with Gasteiger partial charge in [-0.15, -0.1) is 10.2 Å². The second-order valence-corrected chi connectivity index (χ2v) is 5.17. The van der Waals surface area contributed by atoms with Crippen LogP contribution in [0.4, 0.5) is 0 Å². The predicted molar refractivity (Wildman–Crippen MR) is 74.3 cm³/mol. The lowest BCUT2D eigenvalue weighted by atomic mass is 10.1. The molecule has 4 nitrogen and oxygen atoms in total. The summed E-state index contributed by atoms with van der Waals surface area (Å²) in [6, 6.07) is 8.05. The monoisotopic (exact) mass is 263 g/mol. The summed E-state index contributed by atoms with van der Waals surface area (Å²) in [5.41, 5.74) is 7.60. The molecule has 0 radical (unpaired) electrons. The van der Waals surface area contributed by atoms with Crippen molar-refractivity contribution in [1.29, 1.82) is 0 Å². The molecule has 0 aliphatic rings. The molecule has 0 atom stereocenters. The highest BCUT2D eigenvalue weighted by atomic mass is 32.2. The zero-order chi connectivity index (χ0) is 12.8. The maximum atomic E-state index is 5.63. The standard InChI is InChI=1S/C13H17N3OS/c1-10-4-2-5-11(8-10)13-16-15-12(17-13)9-18-7-3-6-14/h2,4-5,8H,3,6-7,9,14H2,1H3. The van der Waals surface area contributed by atoms with E-state index in [1.165, 1.54) is 5.56 Å². The summed E-state index contributed by atoms with van der Waals surface area (Å²) in [7, 11) is 0. The largest absolute Gasteiger partial charge is 0.420 e. The van der Waals surface area contributed by atoms with Gasteiger partial charge in [-0.25, -0.2) is 0 Å². The molecule has 0 spiro atoms. The lowest BCUT2D eigenvalue weighted by Crippen LogP contribution is -1.99. The quantitative estimate of drug-likeness (QED) is 0.812. The van der Waals surface area contributed by atoms with E-state index >= 15 is 0 Å². The van der Waals surface area contributed by atoms with E-state index in [2.05, 4.69) is 10.2 Å². The Labute approximate surface area is 111 Å². The number of nitrogens with two attached hydrogens (primary N) is 1. The Kier molecular flexibility index (Phi) is 4.78. The third kappa shape index (κ3) is 3.58. The summed E-state index contributed by atoms with van der Waals surface area (Å²) in [6.07, 6.45) is 1.02. The first-order valence-electron chi connectivity index (χ1n) is 5.97. The average molecular weight is 263 g/mol. The Morgan fingerprint density at radius 2 is 2.22 bits per heavy atom. The van der Waals surface area contributed by atoms with Gasteiger partial charge in [-0.2, -0.15) is 11.8 Å². The minimum Gasteiger partial charge on any atom is -0.420 e. The number of benzene rings is 1. The van der Waals surface area contributed by atoms with E-state index in [-0.39, 0.29) is 0 Å². The first-order chi connectivity index (χ1) is 8.79. The summed E-state index contributed by atoms with van der Waals surface area (Å²) in [5.74, 6) is 3.04. The molecule has 2 aromatic rings. The number of hydrogen-bond donors (Lipinski definition) is 1. The van der Waals surface area contributed by atoms with Crippen LogP contribution < -0.4 is 5.73 Å². The van der Waals surface area contributed by atoms with Gasteiger partial charge >= 0.3 is 0 Å². The van der Waals surface area contributed by atoms with Crippen molar-refractivity contribution in [2.75, 3.05) is 12.3 Å². The van der Waals surface area contributed by atoms with Gasteiger partial charge in [-0.3, -0.25) is 0 Å². The smallest absolute Gasteiger partial charge is 0.247 e. The van der Waals surface area contributed by atoms with E-state index in [9.17, 15) is 0 Å². The highest BCUT2D eigenvalue weighted by Crippen LogP contribution is 2.20. The fourth-order valence-corrected chi connectivity index (χ4v) is 2.36. The van der Waals surface area contributed by atoms with Gasteiger partial charge in [0.25, 0.3) is 0 Å². The van der Waals surface area contributed by atoms with E-state index < -0.39 is 0 Å². The topological polar surface area (TPSA) is 64.9 Å². The van der Waals surface area contributed by atoms with Crippen LogP contribution in [0.5, 0.6) is 0 Å². The predicted octanol–water partition coefficient (Wildman–Crippen LogP) is 2.63. The Balaban J connectivity index is 1.97. The van der Waals surface area contributed by atoms with Crippen molar-refractivity contribution in [2.45, 2.75) is 19.1 Å². The summed E-state index contributed by atoms with van der Waals surface area (Å²) in [5, 5.41) is 8.12. The third-order valence-corrected chi connectivity index (χ3v) is 3.48. The van der Waals surface area contributed by atoms with Gasteiger partial charge in [0.15, 0.2) is 0 Å². The number of aryl methyl sites for hydroxylation is 1. The molecule has 0 bridgehead atoms. The molecule has 0 aliphatic carbocycles. The third-order valence-electron chi connectivity index (χ3n) is 2.45. The lowest BCUT2D eigenvalue weighted by molar-refractivity contribution is 0.528. The van der Waals surface area contributed by atoms with Crippen molar-refractivity contribution in [1.82, 2.24) is 10.2 Å². The molecule has 0 amide bonds. The van der Waals surface area contributed by atoms with Gasteiger partial charge in [0, 0.05) is 5.56 Å². The molecule has 0 unspecified atom stereocenters. The Morgan fingerprint density at radius 1 is 1.33 bits per heavy atom. The van der Waals surface area contributed by atoms with Crippen molar-refractivity contribution in [3.8, 4) is 11.5 Å². The van der Waals surface area contributed by atoms with Crippen LogP contribution >= 0.6 is 11.8 Å². The molecule has 0 saturated heterocycles. The molecule has 0 saturated carbocycles. The summed E-state index contributed by atoms with van der Waals surface area (Å²) in [4.78, 5) is 0. The SMILES string of the molecule is Cc1cccc(-c2nnc(CSCCCN)o2)c1. The average Bonchev–Trinajstić information content (AvgIpc) is 2.83. The van der Waals surface area contributed by atoms with Crippen molar-refractivity contribution < 1.29 is 4.42 Å². The summed E-state index contributed by atoms with van der Waals surface area (Å²) < 4.78 is 5.63. The lowest BCUT2D eigenvalue weighted by Gasteiger charge is -1.97. The zero-order valence-electron chi connectivity index (χ0n) is 10.4. The molecule has 1 heterocycles.